The second-order valence-corrected chi connectivity index (χ2v) is 5.09. The van der Waals surface area contributed by atoms with E-state index in [-0.39, 0.29) is 0 Å². The van der Waals surface area contributed by atoms with E-state index in [1.54, 1.807) is 0 Å². The number of benzene rings is 1. The lowest BCUT2D eigenvalue weighted by molar-refractivity contribution is 0.139. The zero-order valence-corrected chi connectivity index (χ0v) is 10.7. The van der Waals surface area contributed by atoms with Crippen LogP contribution in [-0.4, -0.2) is 30.1 Å². The van der Waals surface area contributed by atoms with Gasteiger partial charge in [0.05, 0.1) is 0 Å². The maximum atomic E-state index is 6.19. The van der Waals surface area contributed by atoms with Gasteiger partial charge in [-0.25, -0.2) is 0 Å². The minimum absolute atomic E-state index is 0.568. The first-order valence-electron chi connectivity index (χ1n) is 5.87. The number of nitrogens with one attached hydrogen (secondary N) is 1. The molecule has 1 aliphatic heterocycles. The molecule has 2 rings (SSSR count). The van der Waals surface area contributed by atoms with E-state index in [1.807, 2.05) is 12.1 Å². The molecule has 1 heterocycles. The van der Waals surface area contributed by atoms with Gasteiger partial charge in [-0.3, -0.25) is 4.90 Å². The van der Waals surface area contributed by atoms with Crippen LogP contribution < -0.4 is 5.32 Å². The second kappa shape index (κ2) is 5.17. The van der Waals surface area contributed by atoms with Crippen LogP contribution in [0.25, 0.3) is 0 Å². The highest BCUT2D eigenvalue weighted by Crippen LogP contribution is 2.19. The molecule has 16 heavy (non-hydrogen) atoms. The lowest BCUT2D eigenvalue weighted by Crippen LogP contribution is -2.53. The summed E-state index contributed by atoms with van der Waals surface area (Å²) in [4.78, 5) is 2.49. The van der Waals surface area contributed by atoms with Crippen LogP contribution in [0.5, 0.6) is 0 Å². The van der Waals surface area contributed by atoms with Gasteiger partial charge < -0.3 is 5.32 Å². The van der Waals surface area contributed by atoms with Crippen molar-refractivity contribution in [3.05, 3.63) is 34.9 Å². The van der Waals surface area contributed by atoms with Crippen molar-refractivity contribution in [2.24, 2.45) is 0 Å². The van der Waals surface area contributed by atoms with E-state index in [4.69, 9.17) is 11.6 Å². The molecule has 0 saturated carbocycles. The van der Waals surface area contributed by atoms with Gasteiger partial charge in [-0.1, -0.05) is 29.8 Å². The first kappa shape index (κ1) is 11.9. The molecule has 0 amide bonds. The molecule has 2 nitrogen and oxygen atoms in total. The first-order valence-corrected chi connectivity index (χ1v) is 6.25. The summed E-state index contributed by atoms with van der Waals surface area (Å²) in [6, 6.07) is 9.26. The average Bonchev–Trinajstić information content (AvgIpc) is 2.27. The van der Waals surface area contributed by atoms with Crippen molar-refractivity contribution in [2.75, 3.05) is 13.1 Å². The fourth-order valence-electron chi connectivity index (χ4n) is 2.16. The molecule has 1 aromatic carbocycles. The summed E-state index contributed by atoms with van der Waals surface area (Å²) in [5.41, 5.74) is 1.23. The summed E-state index contributed by atoms with van der Waals surface area (Å²) >= 11 is 6.19. The summed E-state index contributed by atoms with van der Waals surface area (Å²) in [7, 11) is 0. The summed E-state index contributed by atoms with van der Waals surface area (Å²) in [5, 5.41) is 4.36. The predicted molar refractivity (Wildman–Crippen MR) is 68.8 cm³/mol. The Morgan fingerprint density at radius 2 is 2.12 bits per heavy atom. The third-order valence-corrected chi connectivity index (χ3v) is 3.59. The van der Waals surface area contributed by atoms with E-state index < -0.39 is 0 Å². The van der Waals surface area contributed by atoms with Gasteiger partial charge in [-0.2, -0.15) is 0 Å². The Balaban J connectivity index is 2.06. The molecule has 1 saturated heterocycles. The van der Waals surface area contributed by atoms with Crippen LogP contribution in [-0.2, 0) is 6.54 Å². The molecule has 1 aromatic rings. The largest absolute Gasteiger partial charge is 0.311 e. The van der Waals surface area contributed by atoms with Crippen molar-refractivity contribution in [3.8, 4) is 0 Å². The van der Waals surface area contributed by atoms with Gasteiger partial charge in [-0.05, 0) is 25.5 Å². The molecule has 0 bridgehead atoms. The smallest absolute Gasteiger partial charge is 0.0451 e. The minimum atomic E-state index is 0.568. The molecule has 0 spiro atoms. The maximum Gasteiger partial charge on any atom is 0.0451 e. The highest BCUT2D eigenvalue weighted by molar-refractivity contribution is 6.31. The molecule has 0 aromatic heterocycles. The fourth-order valence-corrected chi connectivity index (χ4v) is 2.36. The van der Waals surface area contributed by atoms with Crippen LogP contribution >= 0.6 is 11.6 Å². The number of piperazine rings is 1. The number of rotatable bonds is 2. The summed E-state index contributed by atoms with van der Waals surface area (Å²) in [6.45, 7) is 7.59. The summed E-state index contributed by atoms with van der Waals surface area (Å²) in [6.07, 6.45) is 0. The Morgan fingerprint density at radius 1 is 1.38 bits per heavy atom. The molecular weight excluding hydrogens is 220 g/mol. The number of hydrogen-bond acceptors (Lipinski definition) is 2. The zero-order valence-electron chi connectivity index (χ0n) is 9.91. The van der Waals surface area contributed by atoms with Crippen LogP contribution in [0.3, 0.4) is 0 Å². The predicted octanol–water partition coefficient (Wildman–Crippen LogP) is 2.52. The van der Waals surface area contributed by atoms with Crippen LogP contribution in [0.4, 0.5) is 0 Å². The quantitative estimate of drug-likeness (QED) is 0.852. The Labute approximate surface area is 103 Å². The summed E-state index contributed by atoms with van der Waals surface area (Å²) in [5.74, 6) is 0. The van der Waals surface area contributed by atoms with Crippen LogP contribution in [0.1, 0.15) is 19.4 Å². The fraction of sp³-hybridized carbons (Fsp3) is 0.538. The van der Waals surface area contributed by atoms with Crippen molar-refractivity contribution in [1.82, 2.24) is 10.2 Å². The SMILES string of the molecule is CC1CN(Cc2ccccc2Cl)[C@@H](C)CN1. The van der Waals surface area contributed by atoms with Gasteiger partial charge in [-0.15, -0.1) is 0 Å². The Hall–Kier alpha value is -0.570. The van der Waals surface area contributed by atoms with Gasteiger partial charge in [0.25, 0.3) is 0 Å². The van der Waals surface area contributed by atoms with E-state index in [2.05, 4.69) is 36.2 Å². The normalized spacial score (nSPS) is 26.9. The Kier molecular flexibility index (Phi) is 3.85. The highest BCUT2D eigenvalue weighted by atomic mass is 35.5. The van der Waals surface area contributed by atoms with Crippen molar-refractivity contribution in [3.63, 3.8) is 0 Å². The molecule has 0 aliphatic carbocycles. The Morgan fingerprint density at radius 3 is 2.88 bits per heavy atom. The van der Waals surface area contributed by atoms with Gasteiger partial charge in [0.1, 0.15) is 0 Å². The van der Waals surface area contributed by atoms with Gasteiger partial charge in [0.2, 0.25) is 0 Å². The average molecular weight is 239 g/mol. The van der Waals surface area contributed by atoms with Gasteiger partial charge in [0.15, 0.2) is 0 Å². The Bertz CT molecular complexity index is 354. The van der Waals surface area contributed by atoms with Gasteiger partial charge in [0, 0.05) is 36.7 Å². The van der Waals surface area contributed by atoms with E-state index >= 15 is 0 Å². The molecule has 1 aliphatic rings. The number of halogens is 1. The number of hydrogen-bond donors (Lipinski definition) is 1. The summed E-state index contributed by atoms with van der Waals surface area (Å²) < 4.78 is 0. The molecule has 0 radical (unpaired) electrons. The van der Waals surface area contributed by atoms with Crippen LogP contribution in [0, 0.1) is 0 Å². The molecule has 3 heteroatoms. The van der Waals surface area contributed by atoms with E-state index in [9.17, 15) is 0 Å². The topological polar surface area (TPSA) is 15.3 Å². The third kappa shape index (κ3) is 2.76. The molecular formula is C13H19ClN2. The van der Waals surface area contributed by atoms with Crippen molar-refractivity contribution in [2.45, 2.75) is 32.5 Å². The zero-order chi connectivity index (χ0) is 11.5. The molecule has 1 N–H and O–H groups in total. The van der Waals surface area contributed by atoms with Crippen molar-refractivity contribution >= 4 is 11.6 Å². The maximum absolute atomic E-state index is 6.19. The van der Waals surface area contributed by atoms with Crippen molar-refractivity contribution in [1.29, 1.82) is 0 Å². The monoisotopic (exact) mass is 238 g/mol. The molecule has 1 fully saturated rings. The van der Waals surface area contributed by atoms with Crippen molar-refractivity contribution < 1.29 is 0 Å². The lowest BCUT2D eigenvalue weighted by atomic mass is 10.1. The van der Waals surface area contributed by atoms with E-state index in [0.29, 0.717) is 12.1 Å². The molecule has 2 atom stereocenters. The number of nitrogens with zero attached hydrogens (tertiary/aromatic N) is 1. The minimum Gasteiger partial charge on any atom is -0.311 e. The van der Waals surface area contributed by atoms with Gasteiger partial charge >= 0.3 is 0 Å². The highest BCUT2D eigenvalue weighted by Gasteiger charge is 2.22. The van der Waals surface area contributed by atoms with E-state index in [1.165, 1.54) is 5.56 Å². The standard InChI is InChI=1S/C13H19ClN2/c1-10-8-16(11(2)7-15-10)9-12-5-3-4-6-13(12)14/h3-6,10-11,15H,7-9H2,1-2H3/t10?,11-/m0/s1. The van der Waals surface area contributed by atoms with E-state index in [0.717, 1.165) is 24.7 Å². The first-order chi connectivity index (χ1) is 7.66. The van der Waals surface area contributed by atoms with Crippen LogP contribution in [0.15, 0.2) is 24.3 Å². The third-order valence-electron chi connectivity index (χ3n) is 3.22. The lowest BCUT2D eigenvalue weighted by Gasteiger charge is -2.37. The molecule has 88 valence electrons. The second-order valence-electron chi connectivity index (χ2n) is 4.68. The molecule has 1 unspecified atom stereocenters. The van der Waals surface area contributed by atoms with Crippen LogP contribution in [0.2, 0.25) is 5.02 Å².